The van der Waals surface area contributed by atoms with Gasteiger partial charge in [-0.25, -0.2) is 14.1 Å². The minimum absolute atomic E-state index is 0. The van der Waals surface area contributed by atoms with Crippen LogP contribution in [0.15, 0.2) is 106 Å². The molecule has 0 amide bonds. The number of hydrogen-bond acceptors (Lipinski definition) is 8. The van der Waals surface area contributed by atoms with Gasteiger partial charge in [0.05, 0.1) is 36.2 Å². The van der Waals surface area contributed by atoms with E-state index in [1.54, 1.807) is 31.8 Å². The number of nitrogens with one attached hydrogen (secondary N) is 2. The Morgan fingerprint density at radius 3 is 1.82 bits per heavy atom. The lowest BCUT2D eigenvalue weighted by atomic mass is 9.83. The maximum atomic E-state index is 13.3. The third-order valence-electron chi connectivity index (χ3n) is 8.95. The second-order valence-corrected chi connectivity index (χ2v) is 14.7. The van der Waals surface area contributed by atoms with E-state index in [0.29, 0.717) is 40.8 Å². The van der Waals surface area contributed by atoms with Gasteiger partial charge in [-0.1, -0.05) is 127 Å². The number of carbonyl (C=O) groups is 2. The normalized spacial score (nSPS) is 11.2. The third-order valence-corrected chi connectivity index (χ3v) is 9.16. The van der Waals surface area contributed by atoms with Crippen LogP contribution >= 0.6 is 11.6 Å². The van der Waals surface area contributed by atoms with Crippen LogP contribution in [0.3, 0.4) is 0 Å². The minimum atomic E-state index is -0.857. The average Bonchev–Trinajstić information content (AvgIpc) is 3.19. The fourth-order valence-electron chi connectivity index (χ4n) is 6.07. The number of rotatable bonds is 14. The van der Waals surface area contributed by atoms with Crippen LogP contribution in [0.5, 0.6) is 0 Å². The summed E-state index contributed by atoms with van der Waals surface area (Å²) in [5.41, 5.74) is 3.40. The number of benzene rings is 4. The first kappa shape index (κ1) is 52.6. The number of Topliss-reactive ketones (excluding diaryl/α,β-unsaturated/α-hetero) is 1. The van der Waals surface area contributed by atoms with E-state index >= 15 is 0 Å². The van der Waals surface area contributed by atoms with Crippen molar-refractivity contribution in [3.05, 3.63) is 164 Å². The van der Waals surface area contributed by atoms with Crippen molar-refractivity contribution in [2.45, 2.75) is 87.5 Å². The van der Waals surface area contributed by atoms with E-state index in [1.807, 2.05) is 88.4 Å². The topological polar surface area (TPSA) is 138 Å². The van der Waals surface area contributed by atoms with Crippen LogP contribution < -0.4 is 15.9 Å². The Labute approximate surface area is 360 Å². The molecule has 4 aromatic carbocycles. The first-order chi connectivity index (χ1) is 27.6. The van der Waals surface area contributed by atoms with Crippen molar-refractivity contribution in [3.8, 4) is 0 Å². The van der Waals surface area contributed by atoms with Crippen LogP contribution in [0.25, 0.3) is 20.7 Å². The Kier molecular flexibility index (Phi) is 22.8. The Balaban J connectivity index is 0.000000485. The molecule has 0 saturated heterocycles. The summed E-state index contributed by atoms with van der Waals surface area (Å²) in [5, 5.41) is 24.9. The molecule has 4 N–H and O–H groups in total. The van der Waals surface area contributed by atoms with Crippen LogP contribution in [0, 0.1) is 30.8 Å². The number of carbonyl (C=O) groups excluding carboxylic acids is 2. The number of nitrogens with zero attached hydrogens (tertiary/aromatic N) is 2. The van der Waals surface area contributed by atoms with Gasteiger partial charge in [-0.15, -0.1) is 0 Å². The average molecular weight is 837 g/mol. The highest BCUT2D eigenvalue weighted by atomic mass is 35.5. The number of hydrogen-bond donors (Lipinski definition) is 4. The van der Waals surface area contributed by atoms with Gasteiger partial charge in [0.2, 0.25) is 0 Å². The highest BCUT2D eigenvalue weighted by Gasteiger charge is 2.27. The lowest BCUT2D eigenvalue weighted by molar-refractivity contribution is -0.121. The first-order valence-corrected chi connectivity index (χ1v) is 19.3. The Morgan fingerprint density at radius 2 is 1.33 bits per heavy atom. The van der Waals surface area contributed by atoms with Gasteiger partial charge >= 0.3 is 14.1 Å². The van der Waals surface area contributed by atoms with Gasteiger partial charge in [-0.3, -0.25) is 14.4 Å². The molecule has 0 saturated carbocycles. The summed E-state index contributed by atoms with van der Waals surface area (Å²) in [6, 6.07) is 27.5. The van der Waals surface area contributed by atoms with E-state index in [1.165, 1.54) is 17.7 Å². The summed E-state index contributed by atoms with van der Waals surface area (Å²) in [6.07, 6.45) is 1.70. The molecule has 1 aromatic heterocycles. The number of fused-ring (bicyclic) bond motifs is 1. The van der Waals surface area contributed by atoms with Crippen molar-refractivity contribution in [1.82, 2.24) is 10.5 Å². The largest absolute Gasteiger partial charge is 0.460 e. The molecular weight excluding hydrogens is 781 g/mol. The van der Waals surface area contributed by atoms with Crippen molar-refractivity contribution in [2.24, 2.45) is 11.8 Å². The Bertz CT molecular complexity index is 2280. The van der Waals surface area contributed by atoms with Crippen molar-refractivity contribution < 1.29 is 28.4 Å². The zero-order valence-electron chi connectivity index (χ0n) is 33.5. The van der Waals surface area contributed by atoms with Crippen LogP contribution in [-0.2, 0) is 17.6 Å². The van der Waals surface area contributed by atoms with Gasteiger partial charge in [0.15, 0.2) is 16.8 Å². The molecule has 10 nitrogen and oxygen atoms in total. The molecule has 5 aromatic rings. The summed E-state index contributed by atoms with van der Waals surface area (Å²) < 4.78 is 19.0. The molecule has 0 radical (unpaired) electrons. The van der Waals surface area contributed by atoms with E-state index < -0.39 is 25.2 Å². The van der Waals surface area contributed by atoms with E-state index in [9.17, 15) is 28.8 Å². The van der Waals surface area contributed by atoms with Crippen molar-refractivity contribution >= 4 is 59.1 Å². The lowest BCUT2D eigenvalue weighted by Crippen LogP contribution is -2.47. The molecular formula is C46H56B2ClFN4O6. The Morgan fingerprint density at radius 1 is 0.800 bits per heavy atom. The van der Waals surface area contributed by atoms with Crippen LogP contribution in [0.2, 0.25) is 13.6 Å². The summed E-state index contributed by atoms with van der Waals surface area (Å²) >= 11 is 5.05. The molecule has 0 aliphatic carbocycles. The van der Waals surface area contributed by atoms with Crippen molar-refractivity contribution in [2.75, 3.05) is 0 Å². The molecule has 316 valence electrons. The maximum absolute atomic E-state index is 13.3. The second kappa shape index (κ2) is 25.9. The fourth-order valence-corrected chi connectivity index (χ4v) is 6.23. The van der Waals surface area contributed by atoms with Crippen molar-refractivity contribution in [1.29, 1.82) is 0 Å². The molecule has 5 rings (SSSR count). The first-order valence-electron chi connectivity index (χ1n) is 18.9. The predicted molar refractivity (Wildman–Crippen MR) is 244 cm³/mol. The molecule has 1 heterocycles. The predicted octanol–water partition coefficient (Wildman–Crippen LogP) is 10.3. The van der Waals surface area contributed by atoms with Gasteiger partial charge in [-0.05, 0) is 66.8 Å². The molecule has 0 fully saturated rings. The summed E-state index contributed by atoms with van der Waals surface area (Å²) in [6.45, 7) is 25.0. The number of ketones is 1. The lowest BCUT2D eigenvalue weighted by Gasteiger charge is -2.24. The quantitative estimate of drug-likeness (QED) is 0.0493. The van der Waals surface area contributed by atoms with Crippen LogP contribution in [0.4, 0.5) is 15.8 Å². The highest BCUT2D eigenvalue weighted by molar-refractivity contribution is 6.67. The van der Waals surface area contributed by atoms with Gasteiger partial charge in [0.1, 0.15) is 22.9 Å². The van der Waals surface area contributed by atoms with E-state index in [-0.39, 0.29) is 61.2 Å². The molecule has 0 aliphatic heterocycles. The Hall–Kier alpha value is -5.40. The standard InChI is InChI=1S/C22H23BN2O3.C14H22BNO2.C8H3ClFNO.2CH4/c1-14(2)20(25-23(3)27)22-18(12-15-8-6-5-7-9-15)21(26)17-11-10-16(24-4)13-19(17)28-22;1-11(2)14(16-15(3)18)13(17)10-9-12-7-5-4-6-8-12;1-11-5-2-3-6(8(9)12)7(10)4-5;;/h5-11,13-14,20,25,27H,12H2,1-3H3;4-8,11,14,16,18H,9-10H2,1-3H3;2-4H;2*1H4/t20-;14-;;;/m11.../s1. The van der Waals surface area contributed by atoms with Gasteiger partial charge in [0.25, 0.3) is 5.24 Å². The van der Waals surface area contributed by atoms with Gasteiger partial charge < -0.3 is 24.9 Å². The molecule has 0 unspecified atom stereocenters. The van der Waals surface area contributed by atoms with Gasteiger partial charge in [0, 0.05) is 18.4 Å². The highest BCUT2D eigenvalue weighted by Crippen LogP contribution is 2.30. The number of halogens is 2. The molecule has 14 heteroatoms. The maximum Gasteiger partial charge on any atom is 0.374 e. The SMILES string of the molecule is C.C.CB(O)N[C@@H](C(=O)CCc1ccccc1)C(C)C.[C-]#[N+]c1ccc(C(=O)Cl)c(F)c1.[C-]#[N+]c1ccc2c(=O)c(Cc3ccccc3)c([C@H](NB(C)O)C(C)C)oc2c1. The van der Waals surface area contributed by atoms with E-state index in [4.69, 9.17) is 29.2 Å². The molecule has 60 heavy (non-hydrogen) atoms. The second-order valence-electron chi connectivity index (χ2n) is 14.4. The monoisotopic (exact) mass is 836 g/mol. The van der Waals surface area contributed by atoms with Crippen molar-refractivity contribution in [3.63, 3.8) is 0 Å². The summed E-state index contributed by atoms with van der Waals surface area (Å²) in [4.78, 5) is 42.4. The van der Waals surface area contributed by atoms with Gasteiger partial charge in [-0.2, -0.15) is 0 Å². The van der Waals surface area contributed by atoms with Crippen LogP contribution in [-0.4, -0.2) is 41.2 Å². The summed E-state index contributed by atoms with van der Waals surface area (Å²) in [5.74, 6) is 0.175. The fraction of sp³-hybridized carbons (Fsp3) is 0.326. The zero-order chi connectivity index (χ0) is 42.9. The molecule has 0 spiro atoms. The smallest absolute Gasteiger partial charge is 0.374 e. The van der Waals surface area contributed by atoms with Crippen LogP contribution in [0.1, 0.15) is 87.8 Å². The van der Waals surface area contributed by atoms with E-state index in [2.05, 4.69) is 20.1 Å². The van der Waals surface area contributed by atoms with E-state index in [0.717, 1.165) is 18.1 Å². The summed E-state index contributed by atoms with van der Waals surface area (Å²) in [7, 11) is -1.41. The molecule has 2 atom stereocenters. The number of aryl methyl sites for hydroxylation is 1. The molecule has 0 aliphatic rings. The minimum Gasteiger partial charge on any atom is -0.460 e. The third kappa shape index (κ3) is 16.0. The molecule has 0 bridgehead atoms. The zero-order valence-corrected chi connectivity index (χ0v) is 34.3.